The average molecular weight is 343 g/mol. The van der Waals surface area contributed by atoms with Crippen molar-refractivity contribution in [1.82, 2.24) is 14.8 Å². The summed E-state index contributed by atoms with van der Waals surface area (Å²) in [6.07, 6.45) is 4.19. The third-order valence-corrected chi connectivity index (χ3v) is 6.73. The predicted octanol–water partition coefficient (Wildman–Crippen LogP) is 1.21. The van der Waals surface area contributed by atoms with Crippen molar-refractivity contribution < 1.29 is 17.7 Å². The van der Waals surface area contributed by atoms with Gasteiger partial charge in [0.2, 0.25) is 10.0 Å². The molecule has 1 aliphatic heterocycles. The molecule has 0 spiro atoms. The normalized spacial score (nSPS) is 29.4. The van der Waals surface area contributed by atoms with E-state index in [1.54, 1.807) is 21.0 Å². The van der Waals surface area contributed by atoms with Crippen LogP contribution in [0.25, 0.3) is 0 Å². The zero-order chi connectivity index (χ0) is 16.6. The maximum Gasteiger partial charge on any atom is 0.246 e. The fraction of sp³-hybridized carbons (Fsp3) is 0.800. The molecule has 1 N–H and O–H groups in total. The molecule has 3 rings (SSSR count). The highest BCUT2D eigenvalue weighted by molar-refractivity contribution is 7.89. The second-order valence-electron chi connectivity index (χ2n) is 6.52. The first-order valence-corrected chi connectivity index (χ1v) is 9.62. The van der Waals surface area contributed by atoms with Crippen LogP contribution in [-0.2, 0) is 14.8 Å². The predicted molar refractivity (Wildman–Crippen MR) is 84.7 cm³/mol. The summed E-state index contributed by atoms with van der Waals surface area (Å²) < 4.78 is 38.8. The number of ether oxygens (including phenoxy) is 1. The number of nitrogens with one attached hydrogen (secondary N) is 1. The van der Waals surface area contributed by atoms with E-state index in [9.17, 15) is 8.42 Å². The SMILES string of the molecule is COC1CCN([C@H]2CCC[C@H]2NS(=O)(=O)c2c(C)noc2C)C1. The topological polar surface area (TPSA) is 84.7 Å². The Bertz CT molecular complexity index is 638. The second-order valence-corrected chi connectivity index (χ2v) is 8.17. The molecular weight excluding hydrogens is 318 g/mol. The largest absolute Gasteiger partial charge is 0.380 e. The summed E-state index contributed by atoms with van der Waals surface area (Å²) in [4.78, 5) is 2.54. The molecule has 2 fully saturated rings. The summed E-state index contributed by atoms with van der Waals surface area (Å²) in [6, 6.07) is 0.176. The molecule has 1 aliphatic carbocycles. The highest BCUT2D eigenvalue weighted by Crippen LogP contribution is 2.29. The number of likely N-dealkylation sites (tertiary alicyclic amines) is 1. The molecule has 0 bridgehead atoms. The summed E-state index contributed by atoms with van der Waals surface area (Å²) in [7, 11) is -1.87. The smallest absolute Gasteiger partial charge is 0.246 e. The van der Waals surface area contributed by atoms with Gasteiger partial charge in [0.05, 0.1) is 6.10 Å². The third-order valence-electron chi connectivity index (χ3n) is 5.00. The van der Waals surface area contributed by atoms with Gasteiger partial charge in [0, 0.05) is 32.3 Å². The standard InChI is InChI=1S/C15H25N3O4S/c1-10-15(11(2)22-16-10)23(19,20)17-13-5-4-6-14(13)18-8-7-12(9-18)21-3/h12-14,17H,4-9H2,1-3H3/t12?,13-,14+/m1/s1. The van der Waals surface area contributed by atoms with Gasteiger partial charge in [-0.05, 0) is 33.1 Å². The van der Waals surface area contributed by atoms with Crippen molar-refractivity contribution in [3.05, 3.63) is 11.5 Å². The van der Waals surface area contributed by atoms with Crippen molar-refractivity contribution >= 4 is 10.0 Å². The number of aromatic nitrogens is 1. The lowest BCUT2D eigenvalue weighted by atomic mass is 10.1. The van der Waals surface area contributed by atoms with Crippen molar-refractivity contribution in [2.45, 2.75) is 62.6 Å². The molecule has 0 radical (unpaired) electrons. The minimum atomic E-state index is -3.61. The van der Waals surface area contributed by atoms with Gasteiger partial charge < -0.3 is 9.26 Å². The van der Waals surface area contributed by atoms with Gasteiger partial charge in [0.1, 0.15) is 10.6 Å². The van der Waals surface area contributed by atoms with Crippen molar-refractivity contribution in [2.24, 2.45) is 0 Å². The highest BCUT2D eigenvalue weighted by atomic mass is 32.2. The van der Waals surface area contributed by atoms with Gasteiger partial charge in [-0.1, -0.05) is 11.6 Å². The van der Waals surface area contributed by atoms with Crippen LogP contribution in [0.2, 0.25) is 0 Å². The maximum atomic E-state index is 12.7. The number of nitrogens with zero attached hydrogens (tertiary/aromatic N) is 2. The molecular formula is C15H25N3O4S. The van der Waals surface area contributed by atoms with Crippen LogP contribution in [0.3, 0.4) is 0 Å². The Morgan fingerprint density at radius 3 is 2.70 bits per heavy atom. The molecule has 3 atom stereocenters. The lowest BCUT2D eigenvalue weighted by Crippen LogP contribution is -2.48. The van der Waals surface area contributed by atoms with Gasteiger partial charge in [-0.15, -0.1) is 0 Å². The van der Waals surface area contributed by atoms with Gasteiger partial charge in [0.25, 0.3) is 0 Å². The molecule has 1 aromatic heterocycles. The van der Waals surface area contributed by atoms with E-state index in [1.807, 2.05) is 0 Å². The van der Waals surface area contributed by atoms with E-state index in [0.29, 0.717) is 11.5 Å². The van der Waals surface area contributed by atoms with Crippen molar-refractivity contribution in [3.8, 4) is 0 Å². The molecule has 8 heteroatoms. The summed E-state index contributed by atoms with van der Waals surface area (Å²) in [5.74, 6) is 0.338. The Labute approximate surface area is 137 Å². The molecule has 23 heavy (non-hydrogen) atoms. The first-order chi connectivity index (χ1) is 10.9. The number of methoxy groups -OCH3 is 1. The molecule has 1 saturated carbocycles. The van der Waals surface area contributed by atoms with Crippen LogP contribution >= 0.6 is 0 Å². The molecule has 0 aromatic carbocycles. The highest BCUT2D eigenvalue weighted by Gasteiger charge is 2.39. The average Bonchev–Trinajstić information content (AvgIpc) is 3.18. The van der Waals surface area contributed by atoms with E-state index in [0.717, 1.165) is 38.8 Å². The molecule has 130 valence electrons. The Kier molecular flexibility index (Phi) is 4.78. The minimum absolute atomic E-state index is 0.0655. The van der Waals surface area contributed by atoms with Crippen LogP contribution < -0.4 is 4.72 Å². The Balaban J connectivity index is 1.74. The number of hydrogen-bond acceptors (Lipinski definition) is 6. The Morgan fingerprint density at radius 1 is 1.30 bits per heavy atom. The number of sulfonamides is 1. The van der Waals surface area contributed by atoms with Crippen molar-refractivity contribution in [2.75, 3.05) is 20.2 Å². The van der Waals surface area contributed by atoms with Gasteiger partial charge in [0.15, 0.2) is 5.76 Å². The zero-order valence-corrected chi connectivity index (χ0v) is 14.7. The third kappa shape index (κ3) is 3.31. The van der Waals surface area contributed by atoms with Crippen LogP contribution in [-0.4, -0.2) is 56.9 Å². The maximum absolute atomic E-state index is 12.7. The van der Waals surface area contributed by atoms with Gasteiger partial charge >= 0.3 is 0 Å². The Morgan fingerprint density at radius 2 is 2.09 bits per heavy atom. The minimum Gasteiger partial charge on any atom is -0.380 e. The lowest BCUT2D eigenvalue weighted by molar-refractivity contribution is 0.0991. The van der Waals surface area contributed by atoms with Crippen LogP contribution in [0.15, 0.2) is 9.42 Å². The molecule has 1 saturated heterocycles. The van der Waals surface area contributed by atoms with Gasteiger partial charge in [-0.25, -0.2) is 13.1 Å². The first-order valence-electron chi connectivity index (χ1n) is 8.14. The molecule has 1 aromatic rings. The monoisotopic (exact) mass is 343 g/mol. The summed E-state index contributed by atoms with van der Waals surface area (Å²) in [5, 5.41) is 3.75. The number of rotatable bonds is 5. The van der Waals surface area contributed by atoms with Gasteiger partial charge in [-0.3, -0.25) is 4.90 Å². The molecule has 2 aliphatic rings. The van der Waals surface area contributed by atoms with E-state index < -0.39 is 10.0 Å². The van der Waals surface area contributed by atoms with E-state index >= 15 is 0 Å². The van der Waals surface area contributed by atoms with Gasteiger partial charge in [-0.2, -0.15) is 0 Å². The zero-order valence-electron chi connectivity index (χ0n) is 13.9. The number of aryl methyl sites for hydroxylation is 2. The quantitative estimate of drug-likeness (QED) is 0.865. The summed E-state index contributed by atoms with van der Waals surface area (Å²) >= 11 is 0. The van der Waals surface area contributed by atoms with Crippen molar-refractivity contribution in [1.29, 1.82) is 0 Å². The first kappa shape index (κ1) is 16.9. The summed E-state index contributed by atoms with van der Waals surface area (Å²) in [5.41, 5.74) is 0.408. The summed E-state index contributed by atoms with van der Waals surface area (Å²) in [6.45, 7) is 5.13. The fourth-order valence-corrected chi connectivity index (χ4v) is 5.51. The second kappa shape index (κ2) is 6.51. The molecule has 7 nitrogen and oxygen atoms in total. The Hall–Kier alpha value is -0.960. The van der Waals surface area contributed by atoms with Crippen molar-refractivity contribution in [3.63, 3.8) is 0 Å². The molecule has 2 heterocycles. The van der Waals surface area contributed by atoms with E-state index in [1.165, 1.54) is 0 Å². The van der Waals surface area contributed by atoms with Crippen LogP contribution in [0.4, 0.5) is 0 Å². The fourth-order valence-electron chi connectivity index (χ4n) is 3.88. The van der Waals surface area contributed by atoms with Crippen LogP contribution in [0.5, 0.6) is 0 Å². The van der Waals surface area contributed by atoms with Crippen LogP contribution in [0, 0.1) is 13.8 Å². The van der Waals surface area contributed by atoms with E-state index in [2.05, 4.69) is 14.8 Å². The molecule has 1 unspecified atom stereocenters. The lowest BCUT2D eigenvalue weighted by Gasteiger charge is -2.29. The van der Waals surface area contributed by atoms with Crippen LogP contribution in [0.1, 0.15) is 37.1 Å². The number of hydrogen-bond donors (Lipinski definition) is 1. The van der Waals surface area contributed by atoms with E-state index in [-0.39, 0.29) is 23.1 Å². The van der Waals surface area contributed by atoms with E-state index in [4.69, 9.17) is 9.26 Å². The molecule has 0 amide bonds.